The van der Waals surface area contributed by atoms with Crippen molar-refractivity contribution in [2.75, 3.05) is 0 Å². The van der Waals surface area contributed by atoms with E-state index in [1.807, 2.05) is 109 Å². The minimum atomic E-state index is 0.847. The Morgan fingerprint density at radius 3 is 0.829 bits per heavy atom. The molecule has 0 saturated heterocycles. The molecule has 0 spiro atoms. The van der Waals surface area contributed by atoms with Gasteiger partial charge in [0.25, 0.3) is 0 Å². The van der Waals surface area contributed by atoms with E-state index < -0.39 is 0 Å². The SMILES string of the molecule is C#CCC.C=CC=CC.CC.CC.CC.CC.CC.CC.CCC.CCCC.CCCCCCC. The quantitative estimate of drug-likeness (QED) is 0.191. The van der Waals surface area contributed by atoms with Crippen LogP contribution in [0.3, 0.4) is 0 Å². The lowest BCUT2D eigenvalue weighted by Crippen LogP contribution is -1.70. The molecule has 0 heteroatoms. The van der Waals surface area contributed by atoms with Gasteiger partial charge in [0.15, 0.2) is 0 Å². The minimum absolute atomic E-state index is 0.847. The maximum Gasteiger partial charge on any atom is 0.00576 e. The Kier molecular flexibility index (Phi) is 468. The molecule has 0 N–H and O–H groups in total. The maximum absolute atomic E-state index is 4.78. The summed E-state index contributed by atoms with van der Waals surface area (Å²) in [5, 5.41) is 0. The van der Waals surface area contributed by atoms with Gasteiger partial charge in [-0.05, 0) is 6.92 Å². The van der Waals surface area contributed by atoms with Gasteiger partial charge in [0, 0.05) is 6.42 Å². The van der Waals surface area contributed by atoms with Crippen LogP contribution in [0.1, 0.15) is 196 Å². The molecule has 0 rings (SSSR count). The van der Waals surface area contributed by atoms with Gasteiger partial charge < -0.3 is 0 Å². The van der Waals surface area contributed by atoms with E-state index in [2.05, 4.69) is 54.0 Å². The molecular weight excluding hydrogens is 420 g/mol. The summed E-state index contributed by atoms with van der Waals surface area (Å²) in [6.45, 7) is 44.5. The van der Waals surface area contributed by atoms with Gasteiger partial charge in [-0.25, -0.2) is 0 Å². The maximum atomic E-state index is 4.78. The molecule has 0 aliphatic rings. The predicted molar refractivity (Wildman–Crippen MR) is 183 cm³/mol. The van der Waals surface area contributed by atoms with Crippen LogP contribution in [0.15, 0.2) is 24.8 Å². The van der Waals surface area contributed by atoms with Gasteiger partial charge in [0.2, 0.25) is 0 Å². The van der Waals surface area contributed by atoms with E-state index in [1.165, 1.54) is 51.4 Å². The standard InChI is InChI=1S/C7H16.C5H8.C4H10.C4H6.C3H8.6C2H6/c1-3-5-7-6-4-2;1-3-5-4-2;2*1-3-4-2;1-3-2;6*1-2/h3-7H2,1-2H3;3-5H,1H2,2H3;3-4H2,1-2H3;1H,4H2,2H3;3H2,1-2H3;6*1-2H3. The van der Waals surface area contributed by atoms with Crippen molar-refractivity contribution in [3.63, 3.8) is 0 Å². The van der Waals surface area contributed by atoms with Gasteiger partial charge in [0.1, 0.15) is 0 Å². The first-order chi connectivity index (χ1) is 17.1. The zero-order chi connectivity index (χ0) is 31.2. The highest BCUT2D eigenvalue weighted by atomic mass is 13.9. The molecule has 0 fully saturated rings. The summed E-state index contributed by atoms with van der Waals surface area (Å²) in [6.07, 6.45) is 22.1. The number of rotatable bonds is 6. The van der Waals surface area contributed by atoms with Gasteiger partial charge in [-0.15, -0.1) is 12.3 Å². The van der Waals surface area contributed by atoms with Gasteiger partial charge in [0.05, 0.1) is 0 Å². The molecule has 224 valence electrons. The highest BCUT2D eigenvalue weighted by molar-refractivity contribution is 4.94. The molecule has 0 aliphatic carbocycles. The first-order valence-corrected chi connectivity index (χ1v) is 15.7. The van der Waals surface area contributed by atoms with E-state index in [9.17, 15) is 0 Å². The van der Waals surface area contributed by atoms with Crippen LogP contribution in [0.4, 0.5) is 0 Å². The molecular formula is C35H84. The molecule has 0 nitrogen and oxygen atoms in total. The van der Waals surface area contributed by atoms with Crippen molar-refractivity contribution >= 4 is 0 Å². The Labute approximate surface area is 233 Å². The van der Waals surface area contributed by atoms with Crippen LogP contribution >= 0.6 is 0 Å². The Hall–Kier alpha value is -0.960. The van der Waals surface area contributed by atoms with E-state index in [-0.39, 0.29) is 0 Å². The zero-order valence-corrected chi connectivity index (χ0v) is 29.9. The van der Waals surface area contributed by atoms with Gasteiger partial charge >= 0.3 is 0 Å². The van der Waals surface area contributed by atoms with E-state index in [1.54, 1.807) is 6.08 Å². The third kappa shape index (κ3) is 642. The topological polar surface area (TPSA) is 0 Å². The van der Waals surface area contributed by atoms with E-state index in [0.717, 1.165) is 6.42 Å². The first kappa shape index (κ1) is 70.0. The number of hydrogen-bond acceptors (Lipinski definition) is 0. The number of allylic oxidation sites excluding steroid dienone is 3. The highest BCUT2D eigenvalue weighted by Crippen LogP contribution is 2.00. The molecule has 0 aromatic heterocycles. The fourth-order valence-corrected chi connectivity index (χ4v) is 0.813. The molecule has 35 heavy (non-hydrogen) atoms. The molecule has 0 saturated carbocycles. The lowest BCUT2D eigenvalue weighted by atomic mass is 10.2. The van der Waals surface area contributed by atoms with Crippen molar-refractivity contribution in [2.45, 2.75) is 196 Å². The second-order valence-electron chi connectivity index (χ2n) is 5.09. The summed E-state index contributed by atoms with van der Waals surface area (Å²) >= 11 is 0. The number of unbranched alkanes of at least 4 members (excludes halogenated alkanes) is 5. The first-order valence-electron chi connectivity index (χ1n) is 15.7. The lowest BCUT2D eigenvalue weighted by Gasteiger charge is -1.90. The molecule has 0 unspecified atom stereocenters. The third-order valence-electron chi connectivity index (χ3n) is 2.24. The van der Waals surface area contributed by atoms with Gasteiger partial charge in [-0.3, -0.25) is 0 Å². The molecule has 0 aliphatic heterocycles. The predicted octanol–water partition coefficient (Wildman–Crippen LogP) is 15.1. The summed E-state index contributed by atoms with van der Waals surface area (Å²) in [6, 6.07) is 0. The molecule has 0 aromatic rings. The summed E-state index contributed by atoms with van der Waals surface area (Å²) in [5.41, 5.74) is 0. The Morgan fingerprint density at radius 1 is 0.543 bits per heavy atom. The van der Waals surface area contributed by atoms with E-state index >= 15 is 0 Å². The largest absolute Gasteiger partial charge is 0.120 e. The summed E-state index contributed by atoms with van der Waals surface area (Å²) in [7, 11) is 0. The average Bonchev–Trinajstić information content (AvgIpc) is 2.97. The van der Waals surface area contributed by atoms with Crippen LogP contribution in [-0.4, -0.2) is 0 Å². The van der Waals surface area contributed by atoms with Crippen molar-refractivity contribution in [3.05, 3.63) is 24.8 Å². The van der Waals surface area contributed by atoms with Crippen LogP contribution in [0.25, 0.3) is 0 Å². The van der Waals surface area contributed by atoms with Crippen LogP contribution in [0.2, 0.25) is 0 Å². The Morgan fingerprint density at radius 2 is 0.771 bits per heavy atom. The Bertz CT molecular complexity index is 187. The van der Waals surface area contributed by atoms with Crippen LogP contribution in [0, 0.1) is 12.3 Å². The average molecular weight is 505 g/mol. The highest BCUT2D eigenvalue weighted by Gasteiger charge is 1.80. The van der Waals surface area contributed by atoms with Crippen LogP contribution in [0.5, 0.6) is 0 Å². The summed E-state index contributed by atoms with van der Waals surface area (Å²) in [4.78, 5) is 0. The van der Waals surface area contributed by atoms with Crippen molar-refractivity contribution in [1.29, 1.82) is 0 Å². The smallest absolute Gasteiger partial charge is 0.00576 e. The summed E-state index contributed by atoms with van der Waals surface area (Å²) in [5.74, 6) is 2.43. The van der Waals surface area contributed by atoms with E-state index in [0.29, 0.717) is 0 Å². The van der Waals surface area contributed by atoms with Crippen LogP contribution in [-0.2, 0) is 0 Å². The number of hydrogen-bond donors (Lipinski definition) is 0. The molecule has 0 heterocycles. The minimum Gasteiger partial charge on any atom is -0.120 e. The normalized spacial score (nSPS) is 6.14. The van der Waals surface area contributed by atoms with Crippen molar-refractivity contribution in [3.8, 4) is 12.3 Å². The molecule has 0 aromatic carbocycles. The second-order valence-corrected chi connectivity index (χ2v) is 5.09. The fourth-order valence-electron chi connectivity index (χ4n) is 0.813. The van der Waals surface area contributed by atoms with E-state index in [4.69, 9.17) is 6.42 Å². The number of terminal acetylenes is 1. The van der Waals surface area contributed by atoms with Crippen molar-refractivity contribution in [2.24, 2.45) is 0 Å². The molecule has 0 bridgehead atoms. The van der Waals surface area contributed by atoms with Gasteiger partial charge in [-0.2, -0.15) is 0 Å². The third-order valence-corrected chi connectivity index (χ3v) is 2.24. The summed E-state index contributed by atoms with van der Waals surface area (Å²) < 4.78 is 0. The fraction of sp³-hybridized carbons (Fsp3) is 0.829. The zero-order valence-electron chi connectivity index (χ0n) is 29.9. The van der Waals surface area contributed by atoms with Crippen molar-refractivity contribution in [1.82, 2.24) is 0 Å². The second kappa shape index (κ2) is 234. The van der Waals surface area contributed by atoms with Crippen molar-refractivity contribution < 1.29 is 0 Å². The van der Waals surface area contributed by atoms with Crippen LogP contribution < -0.4 is 0 Å². The monoisotopic (exact) mass is 505 g/mol. The molecule has 0 amide bonds. The molecule has 0 radical (unpaired) electrons. The molecule has 0 atom stereocenters. The Balaban J connectivity index is -0.0000000209. The lowest BCUT2D eigenvalue weighted by molar-refractivity contribution is 0.656. The van der Waals surface area contributed by atoms with Gasteiger partial charge in [-0.1, -0.05) is 208 Å².